The van der Waals surface area contributed by atoms with Gasteiger partial charge in [0.25, 0.3) is 0 Å². The third kappa shape index (κ3) is 4.61. The van der Waals surface area contributed by atoms with Crippen molar-refractivity contribution in [1.82, 2.24) is 0 Å². The van der Waals surface area contributed by atoms with E-state index in [9.17, 15) is 0 Å². The van der Waals surface area contributed by atoms with E-state index in [0.29, 0.717) is 11.5 Å². The van der Waals surface area contributed by atoms with E-state index in [1.165, 1.54) is 25.7 Å². The Morgan fingerprint density at radius 3 is 2.47 bits per heavy atom. The van der Waals surface area contributed by atoms with Crippen molar-refractivity contribution in [1.29, 1.82) is 0 Å². The van der Waals surface area contributed by atoms with E-state index < -0.39 is 8.32 Å². The normalized spacial score (nSPS) is 29.8. The Bertz CT molecular complexity index is 305. The zero-order valence-electron chi connectivity index (χ0n) is 13.4. The highest BCUT2D eigenvalue weighted by molar-refractivity contribution is 6.69. The number of allylic oxidation sites excluding steroid dienone is 1. The van der Waals surface area contributed by atoms with Crippen LogP contribution in [0.15, 0.2) is 25.3 Å². The lowest BCUT2D eigenvalue weighted by Gasteiger charge is -2.48. The summed E-state index contributed by atoms with van der Waals surface area (Å²) in [6.45, 7) is 17.2. The molecule has 0 spiro atoms. The van der Waals surface area contributed by atoms with Crippen molar-refractivity contribution in [2.24, 2.45) is 11.3 Å². The van der Waals surface area contributed by atoms with Gasteiger partial charge in [-0.15, -0.1) is 13.2 Å². The van der Waals surface area contributed by atoms with Gasteiger partial charge >= 0.3 is 0 Å². The number of rotatable bonds is 7. The molecule has 19 heavy (non-hydrogen) atoms. The van der Waals surface area contributed by atoms with Crippen molar-refractivity contribution in [2.75, 3.05) is 0 Å². The van der Waals surface area contributed by atoms with Gasteiger partial charge in [-0.2, -0.15) is 0 Å². The van der Waals surface area contributed by atoms with Gasteiger partial charge in [-0.3, -0.25) is 0 Å². The van der Waals surface area contributed by atoms with E-state index in [2.05, 4.69) is 45.8 Å². The molecular formula is C17H32OSi. The van der Waals surface area contributed by atoms with Crippen LogP contribution in [-0.2, 0) is 4.43 Å². The molecule has 0 aliphatic heterocycles. The average Bonchev–Trinajstić information content (AvgIpc) is 2.30. The molecule has 3 atom stereocenters. The minimum Gasteiger partial charge on any atom is -0.414 e. The fourth-order valence-corrected chi connectivity index (χ4v) is 4.69. The Hall–Kier alpha value is -0.343. The van der Waals surface area contributed by atoms with Crippen LogP contribution < -0.4 is 0 Å². The SMILES string of the molecule is C=CCC(O[Si](C)(C)C)[C@]1(C)CCCC[C@@H]1CC=C. The van der Waals surface area contributed by atoms with Gasteiger partial charge in [0, 0.05) is 0 Å². The molecule has 110 valence electrons. The summed E-state index contributed by atoms with van der Waals surface area (Å²) in [4.78, 5) is 0. The smallest absolute Gasteiger partial charge is 0.184 e. The van der Waals surface area contributed by atoms with Crippen LogP contribution in [0.2, 0.25) is 19.6 Å². The van der Waals surface area contributed by atoms with E-state index in [1.54, 1.807) is 0 Å². The maximum Gasteiger partial charge on any atom is 0.184 e. The second-order valence-electron chi connectivity index (χ2n) is 7.22. The van der Waals surface area contributed by atoms with Crippen molar-refractivity contribution >= 4 is 8.32 Å². The molecule has 0 N–H and O–H groups in total. The molecule has 0 saturated heterocycles. The van der Waals surface area contributed by atoms with E-state index in [-0.39, 0.29) is 0 Å². The highest BCUT2D eigenvalue weighted by Gasteiger charge is 2.43. The molecule has 1 rings (SSSR count). The van der Waals surface area contributed by atoms with Crippen molar-refractivity contribution < 1.29 is 4.43 Å². The summed E-state index contributed by atoms with van der Waals surface area (Å²) in [6.07, 6.45) is 11.9. The van der Waals surface area contributed by atoms with Crippen LogP contribution in [0.3, 0.4) is 0 Å². The second kappa shape index (κ2) is 6.89. The molecule has 1 aliphatic carbocycles. The zero-order chi connectivity index (χ0) is 14.5. The summed E-state index contributed by atoms with van der Waals surface area (Å²) in [5, 5.41) is 0. The first-order valence-corrected chi connectivity index (χ1v) is 11.1. The lowest BCUT2D eigenvalue weighted by atomic mass is 9.62. The molecule has 1 nitrogen and oxygen atoms in total. The lowest BCUT2D eigenvalue weighted by molar-refractivity contribution is -0.0195. The Morgan fingerprint density at radius 1 is 1.26 bits per heavy atom. The van der Waals surface area contributed by atoms with Crippen molar-refractivity contribution in [2.45, 2.75) is 71.2 Å². The molecule has 2 heteroatoms. The third-order valence-electron chi connectivity index (χ3n) is 4.51. The predicted octanol–water partition coefficient (Wildman–Crippen LogP) is 5.56. The first-order valence-electron chi connectivity index (χ1n) is 7.73. The molecule has 1 aliphatic rings. The summed E-state index contributed by atoms with van der Waals surface area (Å²) in [5.41, 5.74) is 0.293. The van der Waals surface area contributed by atoms with E-state index in [1.807, 2.05) is 6.08 Å². The number of hydrogen-bond donors (Lipinski definition) is 0. The molecule has 1 unspecified atom stereocenters. The van der Waals surface area contributed by atoms with E-state index in [0.717, 1.165) is 18.8 Å². The third-order valence-corrected chi connectivity index (χ3v) is 5.51. The molecule has 0 radical (unpaired) electrons. The van der Waals surface area contributed by atoms with Crippen molar-refractivity contribution in [3.05, 3.63) is 25.3 Å². The monoisotopic (exact) mass is 280 g/mol. The number of hydrogen-bond acceptors (Lipinski definition) is 1. The van der Waals surface area contributed by atoms with Crippen LogP contribution in [0.25, 0.3) is 0 Å². The molecule has 0 aromatic heterocycles. The fourth-order valence-electron chi connectivity index (χ4n) is 3.47. The van der Waals surface area contributed by atoms with Crippen LogP contribution >= 0.6 is 0 Å². The lowest BCUT2D eigenvalue weighted by Crippen LogP contribution is -2.47. The van der Waals surface area contributed by atoms with Crippen LogP contribution in [0, 0.1) is 11.3 Å². The Balaban J connectivity index is 2.93. The van der Waals surface area contributed by atoms with Gasteiger partial charge in [-0.05, 0) is 56.7 Å². The van der Waals surface area contributed by atoms with E-state index >= 15 is 0 Å². The highest BCUT2D eigenvalue weighted by atomic mass is 28.4. The molecule has 0 aromatic rings. The van der Waals surface area contributed by atoms with Crippen LogP contribution in [0.5, 0.6) is 0 Å². The topological polar surface area (TPSA) is 9.23 Å². The molecule has 1 saturated carbocycles. The van der Waals surface area contributed by atoms with Crippen LogP contribution in [-0.4, -0.2) is 14.4 Å². The predicted molar refractivity (Wildman–Crippen MR) is 87.9 cm³/mol. The summed E-state index contributed by atoms with van der Waals surface area (Å²) in [5.74, 6) is 0.722. The van der Waals surface area contributed by atoms with Gasteiger partial charge in [-0.25, -0.2) is 0 Å². The van der Waals surface area contributed by atoms with E-state index in [4.69, 9.17) is 4.43 Å². The highest BCUT2D eigenvalue weighted by Crippen LogP contribution is 2.48. The zero-order valence-corrected chi connectivity index (χ0v) is 14.4. The van der Waals surface area contributed by atoms with Gasteiger partial charge in [0.05, 0.1) is 6.10 Å². The Morgan fingerprint density at radius 2 is 1.95 bits per heavy atom. The molecule has 0 bridgehead atoms. The second-order valence-corrected chi connectivity index (χ2v) is 11.7. The largest absolute Gasteiger partial charge is 0.414 e. The van der Waals surface area contributed by atoms with Gasteiger partial charge in [0.2, 0.25) is 0 Å². The molecule has 0 heterocycles. The minimum atomic E-state index is -1.51. The summed E-state index contributed by atoms with van der Waals surface area (Å²) in [6, 6.07) is 0. The molecule has 0 aromatic carbocycles. The standard InChI is InChI=1S/C17H32OSi/c1-7-11-15-13-9-10-14-17(15,3)16(12-8-2)18-19(4,5)6/h7-8,15-16H,1-2,9-14H2,3-6H3/t15-,16?,17+/m0/s1. The van der Waals surface area contributed by atoms with Gasteiger partial charge in [0.15, 0.2) is 8.32 Å². The van der Waals surface area contributed by atoms with Gasteiger partial charge < -0.3 is 4.43 Å². The van der Waals surface area contributed by atoms with Crippen LogP contribution in [0.1, 0.15) is 45.4 Å². The van der Waals surface area contributed by atoms with Crippen molar-refractivity contribution in [3.63, 3.8) is 0 Å². The molecule has 0 amide bonds. The first kappa shape index (κ1) is 16.7. The maximum absolute atomic E-state index is 6.53. The maximum atomic E-state index is 6.53. The fraction of sp³-hybridized carbons (Fsp3) is 0.765. The summed E-state index contributed by atoms with van der Waals surface area (Å²) >= 11 is 0. The molecule has 1 fully saturated rings. The summed E-state index contributed by atoms with van der Waals surface area (Å²) < 4.78 is 6.53. The summed E-state index contributed by atoms with van der Waals surface area (Å²) in [7, 11) is -1.51. The Labute approximate surface area is 121 Å². The van der Waals surface area contributed by atoms with Crippen LogP contribution in [0.4, 0.5) is 0 Å². The Kier molecular flexibility index (Phi) is 6.06. The first-order chi connectivity index (χ1) is 8.83. The average molecular weight is 281 g/mol. The minimum absolute atomic E-state index is 0.293. The quantitative estimate of drug-likeness (QED) is 0.438. The van der Waals surface area contributed by atoms with Gasteiger partial charge in [0.1, 0.15) is 0 Å². The van der Waals surface area contributed by atoms with Crippen molar-refractivity contribution in [3.8, 4) is 0 Å². The van der Waals surface area contributed by atoms with Gasteiger partial charge in [-0.1, -0.05) is 31.9 Å². The molecular weight excluding hydrogens is 248 g/mol.